The Labute approximate surface area is 177 Å². The van der Waals surface area contributed by atoms with Crippen LogP contribution in [0.15, 0.2) is 24.4 Å². The van der Waals surface area contributed by atoms with E-state index in [0.29, 0.717) is 6.54 Å². The van der Waals surface area contributed by atoms with Crippen molar-refractivity contribution < 1.29 is 14.3 Å². The molecule has 30 heavy (non-hydrogen) atoms. The number of amides is 1. The zero-order valence-electron chi connectivity index (χ0n) is 18.4. The molecule has 8 heteroatoms. The summed E-state index contributed by atoms with van der Waals surface area (Å²) in [5.41, 5.74) is 2.87. The van der Waals surface area contributed by atoms with Gasteiger partial charge in [0, 0.05) is 43.2 Å². The maximum atomic E-state index is 12.2. The molecule has 0 saturated carbocycles. The van der Waals surface area contributed by atoms with E-state index in [2.05, 4.69) is 23.5 Å². The number of rotatable bonds is 8. The minimum Gasteiger partial charge on any atom is -0.449 e. The van der Waals surface area contributed by atoms with Crippen molar-refractivity contribution in [2.24, 2.45) is 0 Å². The molecule has 0 saturated heterocycles. The molecule has 1 atom stereocenters. The molecule has 0 spiro atoms. The van der Waals surface area contributed by atoms with Crippen LogP contribution in [0.1, 0.15) is 50.2 Å². The van der Waals surface area contributed by atoms with Crippen LogP contribution >= 0.6 is 0 Å². The number of carbonyl (C=O) groups excluding carboxylic acids is 2. The standard InChI is InChI=1S/C22H29N5O3/c1-15(2)27-20(10-12-24-27)26-16(3)14-19(17(26)4)8-9-21(28)30-18(5)22(29)25(6)13-7-11-23/h8-10,12,14-15,18H,7,13H2,1-6H3/b9-8+/t18-/m1/s1. The van der Waals surface area contributed by atoms with E-state index >= 15 is 0 Å². The summed E-state index contributed by atoms with van der Waals surface area (Å²) in [6.07, 6.45) is 4.10. The molecule has 0 radical (unpaired) electrons. The minimum atomic E-state index is -0.918. The van der Waals surface area contributed by atoms with Gasteiger partial charge in [0.05, 0.1) is 18.7 Å². The zero-order chi connectivity index (χ0) is 22.4. The molecule has 2 aromatic rings. The first kappa shape index (κ1) is 22.9. The topological polar surface area (TPSA) is 93.2 Å². The highest BCUT2D eigenvalue weighted by Gasteiger charge is 2.20. The summed E-state index contributed by atoms with van der Waals surface area (Å²) in [5, 5.41) is 13.0. The van der Waals surface area contributed by atoms with Crippen molar-refractivity contribution in [2.75, 3.05) is 13.6 Å². The van der Waals surface area contributed by atoms with Crippen LogP contribution in [0.5, 0.6) is 0 Å². The van der Waals surface area contributed by atoms with E-state index in [9.17, 15) is 9.59 Å². The average Bonchev–Trinajstić information content (AvgIpc) is 3.27. The van der Waals surface area contributed by atoms with E-state index in [1.54, 1.807) is 19.3 Å². The molecular formula is C22H29N5O3. The second kappa shape index (κ2) is 9.92. The number of hydrogen-bond acceptors (Lipinski definition) is 5. The van der Waals surface area contributed by atoms with Gasteiger partial charge in [-0.25, -0.2) is 9.48 Å². The second-order valence-corrected chi connectivity index (χ2v) is 7.47. The lowest BCUT2D eigenvalue weighted by molar-refractivity contribution is -0.154. The van der Waals surface area contributed by atoms with Crippen LogP contribution in [0.25, 0.3) is 11.9 Å². The van der Waals surface area contributed by atoms with Gasteiger partial charge in [-0.2, -0.15) is 10.4 Å². The van der Waals surface area contributed by atoms with Crippen molar-refractivity contribution in [3.8, 4) is 11.9 Å². The fourth-order valence-corrected chi connectivity index (χ4v) is 3.25. The lowest BCUT2D eigenvalue weighted by Gasteiger charge is -2.19. The van der Waals surface area contributed by atoms with Crippen molar-refractivity contribution in [3.05, 3.63) is 41.4 Å². The van der Waals surface area contributed by atoms with Gasteiger partial charge in [0.15, 0.2) is 6.10 Å². The summed E-state index contributed by atoms with van der Waals surface area (Å²) in [6, 6.07) is 6.14. The Morgan fingerprint density at radius 1 is 1.33 bits per heavy atom. The molecule has 2 heterocycles. The third kappa shape index (κ3) is 5.17. The van der Waals surface area contributed by atoms with Crippen molar-refractivity contribution in [2.45, 2.75) is 53.2 Å². The molecule has 0 aliphatic rings. The molecule has 160 valence electrons. The Morgan fingerprint density at radius 2 is 2.03 bits per heavy atom. The van der Waals surface area contributed by atoms with Gasteiger partial charge in [-0.3, -0.25) is 4.79 Å². The maximum absolute atomic E-state index is 12.2. The van der Waals surface area contributed by atoms with Crippen molar-refractivity contribution >= 4 is 18.0 Å². The van der Waals surface area contributed by atoms with Crippen LogP contribution in [0, 0.1) is 25.2 Å². The van der Waals surface area contributed by atoms with Crippen LogP contribution in [-0.4, -0.2) is 50.8 Å². The predicted molar refractivity (Wildman–Crippen MR) is 114 cm³/mol. The zero-order valence-corrected chi connectivity index (χ0v) is 18.4. The Hall–Kier alpha value is -3.34. The fraction of sp³-hybridized carbons (Fsp3) is 0.455. The van der Waals surface area contributed by atoms with Gasteiger partial charge in [-0.05, 0) is 52.3 Å². The van der Waals surface area contributed by atoms with Gasteiger partial charge in [0.2, 0.25) is 0 Å². The van der Waals surface area contributed by atoms with Gasteiger partial charge < -0.3 is 14.2 Å². The van der Waals surface area contributed by atoms with Crippen LogP contribution in [0.4, 0.5) is 0 Å². The molecule has 0 N–H and O–H groups in total. The molecular weight excluding hydrogens is 382 g/mol. The van der Waals surface area contributed by atoms with Crippen molar-refractivity contribution in [1.82, 2.24) is 19.2 Å². The summed E-state index contributed by atoms with van der Waals surface area (Å²) in [6.45, 7) is 9.94. The SMILES string of the molecule is Cc1cc(/C=C/C(=O)O[C@H](C)C(=O)N(C)CCC#N)c(C)n1-c1ccnn1C(C)C. The number of nitriles is 1. The number of ether oxygens (including phenoxy) is 1. The Bertz CT molecular complexity index is 978. The van der Waals surface area contributed by atoms with Gasteiger partial charge >= 0.3 is 5.97 Å². The first-order chi connectivity index (χ1) is 14.2. The monoisotopic (exact) mass is 411 g/mol. The number of aryl methyl sites for hydroxylation is 1. The molecule has 0 aliphatic carbocycles. The molecule has 8 nitrogen and oxygen atoms in total. The smallest absolute Gasteiger partial charge is 0.331 e. The minimum absolute atomic E-state index is 0.218. The quantitative estimate of drug-likeness (QED) is 0.491. The maximum Gasteiger partial charge on any atom is 0.331 e. The van der Waals surface area contributed by atoms with E-state index in [1.807, 2.05) is 36.7 Å². The third-order valence-electron chi connectivity index (χ3n) is 4.81. The molecule has 2 aromatic heterocycles. The first-order valence-electron chi connectivity index (χ1n) is 9.90. The van der Waals surface area contributed by atoms with Gasteiger partial charge in [0.1, 0.15) is 5.82 Å². The van der Waals surface area contributed by atoms with E-state index in [0.717, 1.165) is 22.8 Å². The van der Waals surface area contributed by atoms with Gasteiger partial charge in [-0.15, -0.1) is 0 Å². The summed E-state index contributed by atoms with van der Waals surface area (Å²) in [5.74, 6) is 0.0236. The number of esters is 1. The van der Waals surface area contributed by atoms with Crippen molar-refractivity contribution in [1.29, 1.82) is 5.26 Å². The second-order valence-electron chi connectivity index (χ2n) is 7.47. The highest BCUT2D eigenvalue weighted by molar-refractivity contribution is 5.90. The van der Waals surface area contributed by atoms with E-state index in [-0.39, 0.29) is 18.4 Å². The molecule has 0 aromatic carbocycles. The molecule has 0 bridgehead atoms. The van der Waals surface area contributed by atoms with Gasteiger partial charge in [-0.1, -0.05) is 0 Å². The van der Waals surface area contributed by atoms with Crippen LogP contribution < -0.4 is 0 Å². The summed E-state index contributed by atoms with van der Waals surface area (Å²) in [4.78, 5) is 25.8. The molecule has 0 aliphatic heterocycles. The number of hydrogen-bond donors (Lipinski definition) is 0. The number of aromatic nitrogens is 3. The number of nitrogens with zero attached hydrogens (tertiary/aromatic N) is 5. The number of likely N-dealkylation sites (N-methyl/N-ethyl adjacent to an activating group) is 1. The Morgan fingerprint density at radius 3 is 2.67 bits per heavy atom. The Balaban J connectivity index is 2.12. The van der Waals surface area contributed by atoms with Crippen molar-refractivity contribution in [3.63, 3.8) is 0 Å². The predicted octanol–water partition coefficient (Wildman–Crippen LogP) is 3.19. The van der Waals surface area contributed by atoms with E-state index in [1.165, 1.54) is 17.9 Å². The number of carbonyl (C=O) groups is 2. The van der Waals surface area contributed by atoms with Crippen LogP contribution in [0.2, 0.25) is 0 Å². The summed E-state index contributed by atoms with van der Waals surface area (Å²) >= 11 is 0. The van der Waals surface area contributed by atoms with Gasteiger partial charge in [0.25, 0.3) is 5.91 Å². The average molecular weight is 412 g/mol. The van der Waals surface area contributed by atoms with Crippen LogP contribution in [-0.2, 0) is 14.3 Å². The van der Waals surface area contributed by atoms with E-state index in [4.69, 9.17) is 10.00 Å². The normalized spacial score (nSPS) is 12.2. The molecule has 0 fully saturated rings. The molecule has 1 amide bonds. The molecule has 2 rings (SSSR count). The Kier molecular flexibility index (Phi) is 7.59. The molecule has 0 unspecified atom stereocenters. The summed E-state index contributed by atoms with van der Waals surface area (Å²) < 4.78 is 9.25. The highest BCUT2D eigenvalue weighted by atomic mass is 16.5. The highest BCUT2D eigenvalue weighted by Crippen LogP contribution is 2.23. The third-order valence-corrected chi connectivity index (χ3v) is 4.81. The summed E-state index contributed by atoms with van der Waals surface area (Å²) in [7, 11) is 1.58. The lowest BCUT2D eigenvalue weighted by Crippen LogP contribution is -2.37. The first-order valence-corrected chi connectivity index (χ1v) is 9.90. The van der Waals surface area contributed by atoms with E-state index < -0.39 is 12.1 Å². The lowest BCUT2D eigenvalue weighted by atomic mass is 10.2. The largest absolute Gasteiger partial charge is 0.449 e. The fourth-order valence-electron chi connectivity index (χ4n) is 3.25. The van der Waals surface area contributed by atoms with Crippen LogP contribution in [0.3, 0.4) is 0 Å².